The van der Waals surface area contributed by atoms with Crippen LogP contribution in [0.5, 0.6) is 0 Å². The minimum Gasteiger partial charge on any atom is -0.356 e. The lowest BCUT2D eigenvalue weighted by atomic mass is 9.89. The van der Waals surface area contributed by atoms with Gasteiger partial charge in [0.2, 0.25) is 5.91 Å². The second-order valence-electron chi connectivity index (χ2n) is 6.03. The highest BCUT2D eigenvalue weighted by Gasteiger charge is 2.27. The Morgan fingerprint density at radius 2 is 1.80 bits per heavy atom. The summed E-state index contributed by atoms with van der Waals surface area (Å²) in [4.78, 5) is 11.9. The lowest BCUT2D eigenvalue weighted by Crippen LogP contribution is -2.35. The molecule has 2 aliphatic rings. The Hall–Kier alpha value is -0.620. The molecule has 1 aliphatic carbocycles. The van der Waals surface area contributed by atoms with Gasteiger partial charge in [-0.15, -0.1) is 0 Å². The van der Waals surface area contributed by atoms with Gasteiger partial charge in [0.15, 0.2) is 9.84 Å². The summed E-state index contributed by atoms with van der Waals surface area (Å²) < 4.78 is 22.6. The summed E-state index contributed by atoms with van der Waals surface area (Å²) in [6, 6.07) is 0.106. The van der Waals surface area contributed by atoms with Gasteiger partial charge in [-0.2, -0.15) is 0 Å². The van der Waals surface area contributed by atoms with Crippen LogP contribution in [-0.4, -0.2) is 45.0 Å². The van der Waals surface area contributed by atoms with E-state index in [1.807, 2.05) is 0 Å². The summed E-state index contributed by atoms with van der Waals surface area (Å²) >= 11 is 0. The highest BCUT2D eigenvalue weighted by Crippen LogP contribution is 2.23. The summed E-state index contributed by atoms with van der Waals surface area (Å²) in [7, 11) is -2.80. The Morgan fingerprint density at radius 1 is 1.05 bits per heavy atom. The molecule has 6 heteroatoms. The van der Waals surface area contributed by atoms with Crippen LogP contribution in [0.15, 0.2) is 0 Å². The number of hydrogen-bond acceptors (Lipinski definition) is 4. The van der Waals surface area contributed by atoms with Crippen molar-refractivity contribution in [1.82, 2.24) is 10.6 Å². The Balaban J connectivity index is 1.52. The van der Waals surface area contributed by atoms with Gasteiger partial charge in [0.05, 0.1) is 11.5 Å². The van der Waals surface area contributed by atoms with Crippen molar-refractivity contribution in [3.63, 3.8) is 0 Å². The fourth-order valence-corrected chi connectivity index (χ4v) is 4.78. The molecular weight excluding hydrogens is 276 g/mol. The zero-order valence-corrected chi connectivity index (χ0v) is 12.9. The minimum absolute atomic E-state index is 0.106. The van der Waals surface area contributed by atoms with E-state index in [-0.39, 0.29) is 23.6 Å². The van der Waals surface area contributed by atoms with Crippen molar-refractivity contribution in [2.45, 2.75) is 51.0 Å². The number of rotatable bonds is 6. The molecule has 20 heavy (non-hydrogen) atoms. The van der Waals surface area contributed by atoms with Crippen LogP contribution in [0.4, 0.5) is 0 Å². The molecule has 0 bridgehead atoms. The molecule has 1 heterocycles. The second-order valence-corrected chi connectivity index (χ2v) is 8.26. The Bertz CT molecular complexity index is 416. The van der Waals surface area contributed by atoms with Crippen molar-refractivity contribution < 1.29 is 13.2 Å². The van der Waals surface area contributed by atoms with Crippen molar-refractivity contribution in [2.24, 2.45) is 5.92 Å². The summed E-state index contributed by atoms with van der Waals surface area (Å²) in [5.74, 6) is 0.995. The fraction of sp³-hybridized carbons (Fsp3) is 0.929. The summed E-state index contributed by atoms with van der Waals surface area (Å²) in [6.45, 7) is 1.45. The lowest BCUT2D eigenvalue weighted by molar-refractivity contribution is -0.125. The third-order valence-corrected chi connectivity index (χ3v) is 6.06. The van der Waals surface area contributed by atoms with Crippen LogP contribution in [0.2, 0.25) is 0 Å². The standard InChI is InChI=1S/C14H26N2O3S/c17-14(12-5-2-1-3-6-12)16-9-4-8-15-13-7-10-20(18,19)11-13/h12-13,15H,1-11H2,(H,16,17)/t13-/m1/s1. The molecule has 1 saturated heterocycles. The van der Waals surface area contributed by atoms with Crippen LogP contribution in [0.25, 0.3) is 0 Å². The van der Waals surface area contributed by atoms with E-state index in [2.05, 4.69) is 10.6 Å². The maximum Gasteiger partial charge on any atom is 0.223 e. The van der Waals surface area contributed by atoms with Gasteiger partial charge in [-0.3, -0.25) is 4.79 Å². The highest BCUT2D eigenvalue weighted by molar-refractivity contribution is 7.91. The average Bonchev–Trinajstić information content (AvgIpc) is 2.78. The quantitative estimate of drug-likeness (QED) is 0.713. The van der Waals surface area contributed by atoms with E-state index in [0.717, 1.165) is 32.2 Å². The van der Waals surface area contributed by atoms with Gasteiger partial charge < -0.3 is 10.6 Å². The van der Waals surface area contributed by atoms with E-state index in [4.69, 9.17) is 0 Å². The molecule has 0 aromatic heterocycles. The SMILES string of the molecule is O=C(NCCCN[C@@H]1CCS(=O)(=O)C1)C1CCCCC1. The third-order valence-electron chi connectivity index (χ3n) is 4.29. The molecule has 2 fully saturated rings. The lowest BCUT2D eigenvalue weighted by Gasteiger charge is -2.20. The largest absolute Gasteiger partial charge is 0.356 e. The normalized spacial score (nSPS) is 26.5. The van der Waals surface area contributed by atoms with Gasteiger partial charge in [-0.05, 0) is 32.2 Å². The van der Waals surface area contributed by atoms with Crippen LogP contribution in [-0.2, 0) is 14.6 Å². The van der Waals surface area contributed by atoms with E-state index < -0.39 is 9.84 Å². The van der Waals surface area contributed by atoms with Crippen molar-refractivity contribution in [3.8, 4) is 0 Å². The van der Waals surface area contributed by atoms with E-state index in [1.165, 1.54) is 19.3 Å². The first-order chi connectivity index (χ1) is 9.57. The number of carbonyl (C=O) groups excluding carboxylic acids is 1. The first-order valence-electron chi connectivity index (χ1n) is 7.78. The molecule has 1 amide bonds. The Labute approximate surface area is 121 Å². The average molecular weight is 302 g/mol. The Kier molecular flexibility index (Phi) is 5.84. The molecule has 0 spiro atoms. The molecular formula is C14H26N2O3S. The van der Waals surface area contributed by atoms with Crippen LogP contribution >= 0.6 is 0 Å². The Morgan fingerprint density at radius 3 is 2.45 bits per heavy atom. The molecule has 5 nitrogen and oxygen atoms in total. The van der Waals surface area contributed by atoms with Crippen molar-refractivity contribution >= 4 is 15.7 Å². The number of carbonyl (C=O) groups is 1. The van der Waals surface area contributed by atoms with Gasteiger partial charge in [-0.1, -0.05) is 19.3 Å². The van der Waals surface area contributed by atoms with Gasteiger partial charge >= 0.3 is 0 Å². The maximum absolute atomic E-state index is 11.9. The number of amides is 1. The molecule has 116 valence electrons. The fourth-order valence-electron chi connectivity index (χ4n) is 3.07. The zero-order chi connectivity index (χ0) is 14.4. The van der Waals surface area contributed by atoms with Crippen molar-refractivity contribution in [2.75, 3.05) is 24.6 Å². The number of hydrogen-bond donors (Lipinski definition) is 2. The molecule has 2 N–H and O–H groups in total. The first kappa shape index (κ1) is 15.8. The summed E-state index contributed by atoms with van der Waals surface area (Å²) in [5.41, 5.74) is 0. The summed E-state index contributed by atoms with van der Waals surface area (Å²) in [6.07, 6.45) is 7.25. The minimum atomic E-state index is -2.80. The topological polar surface area (TPSA) is 75.3 Å². The molecule has 0 radical (unpaired) electrons. The first-order valence-corrected chi connectivity index (χ1v) is 9.60. The number of sulfone groups is 1. The van der Waals surface area contributed by atoms with E-state index in [9.17, 15) is 13.2 Å². The second kappa shape index (κ2) is 7.41. The van der Waals surface area contributed by atoms with Crippen LogP contribution in [0.3, 0.4) is 0 Å². The van der Waals surface area contributed by atoms with Gasteiger partial charge in [0.25, 0.3) is 0 Å². The van der Waals surface area contributed by atoms with Crippen molar-refractivity contribution in [3.05, 3.63) is 0 Å². The highest BCUT2D eigenvalue weighted by atomic mass is 32.2. The maximum atomic E-state index is 11.9. The van der Waals surface area contributed by atoms with E-state index >= 15 is 0 Å². The van der Waals surface area contributed by atoms with E-state index in [1.54, 1.807) is 0 Å². The molecule has 0 aromatic carbocycles. The van der Waals surface area contributed by atoms with E-state index in [0.29, 0.717) is 12.3 Å². The van der Waals surface area contributed by atoms with Crippen LogP contribution < -0.4 is 10.6 Å². The third kappa shape index (κ3) is 5.05. The molecule has 1 saturated carbocycles. The molecule has 1 aliphatic heterocycles. The molecule has 0 aromatic rings. The van der Waals surface area contributed by atoms with Gasteiger partial charge in [0, 0.05) is 18.5 Å². The zero-order valence-electron chi connectivity index (χ0n) is 12.1. The smallest absolute Gasteiger partial charge is 0.223 e. The molecule has 1 atom stereocenters. The molecule has 0 unspecified atom stereocenters. The number of nitrogens with one attached hydrogen (secondary N) is 2. The predicted molar refractivity (Wildman–Crippen MR) is 79.3 cm³/mol. The van der Waals surface area contributed by atoms with Gasteiger partial charge in [0.1, 0.15) is 0 Å². The van der Waals surface area contributed by atoms with Crippen molar-refractivity contribution in [1.29, 1.82) is 0 Å². The summed E-state index contributed by atoms with van der Waals surface area (Å²) in [5, 5.41) is 6.26. The predicted octanol–water partition coefficient (Wildman–Crippen LogP) is 0.850. The van der Waals surface area contributed by atoms with Gasteiger partial charge in [-0.25, -0.2) is 8.42 Å². The monoisotopic (exact) mass is 302 g/mol. The molecule has 2 rings (SSSR count). The van der Waals surface area contributed by atoms with Crippen LogP contribution in [0, 0.1) is 5.92 Å². The van der Waals surface area contributed by atoms with Crippen LogP contribution in [0.1, 0.15) is 44.9 Å².